The van der Waals surface area contributed by atoms with Crippen LogP contribution in [0.15, 0.2) is 127 Å². The van der Waals surface area contributed by atoms with E-state index in [-0.39, 0.29) is 5.41 Å². The SMILES string of the molecule is Cc1nc2ccccc2n1-c1ccc(-c2cc3c(c4ccccc24)C(C)(C)c2c-3c3ccccc3c3ccccc23)cc1. The Kier molecular flexibility index (Phi) is 4.91. The standard InChI is InChI=1S/C41H30N2/c1-25-42-36-18-10-11-19-37(36)43(25)27-22-20-26(21-23-27)34-24-35-38-31-15-7-4-12-28(31)29-13-5-9-17-33(29)40(38)41(2,3)39(35)32-16-8-6-14-30(32)34/h4-24H,1-3H3. The molecule has 0 atom stereocenters. The highest BCUT2D eigenvalue weighted by Gasteiger charge is 2.40. The fourth-order valence-corrected chi connectivity index (χ4v) is 7.94. The predicted molar refractivity (Wildman–Crippen MR) is 181 cm³/mol. The zero-order chi connectivity index (χ0) is 28.9. The molecular weight excluding hydrogens is 520 g/mol. The summed E-state index contributed by atoms with van der Waals surface area (Å²) in [7, 11) is 0. The van der Waals surface area contributed by atoms with Crippen molar-refractivity contribution in [3.05, 3.63) is 144 Å². The highest BCUT2D eigenvalue weighted by molar-refractivity contribution is 6.20. The van der Waals surface area contributed by atoms with E-state index in [1.165, 1.54) is 65.7 Å². The Bertz CT molecular complexity index is 2420. The molecule has 0 saturated heterocycles. The van der Waals surface area contributed by atoms with Gasteiger partial charge in [-0.1, -0.05) is 111 Å². The second-order valence-electron chi connectivity index (χ2n) is 12.4. The number of para-hydroxylation sites is 2. The fraction of sp³-hybridized carbons (Fsp3) is 0.0976. The number of imidazole rings is 1. The van der Waals surface area contributed by atoms with E-state index >= 15 is 0 Å². The molecule has 9 rings (SSSR count). The van der Waals surface area contributed by atoms with Crippen molar-refractivity contribution in [2.75, 3.05) is 0 Å². The van der Waals surface area contributed by atoms with Crippen LogP contribution in [0.3, 0.4) is 0 Å². The van der Waals surface area contributed by atoms with E-state index in [0.29, 0.717) is 0 Å². The van der Waals surface area contributed by atoms with Gasteiger partial charge in [-0.3, -0.25) is 4.57 Å². The largest absolute Gasteiger partial charge is 0.297 e. The average Bonchev–Trinajstić information content (AvgIpc) is 3.51. The lowest BCUT2D eigenvalue weighted by Crippen LogP contribution is -2.16. The Balaban J connectivity index is 1.32. The lowest BCUT2D eigenvalue weighted by atomic mass is 9.77. The Morgan fingerprint density at radius 2 is 1.09 bits per heavy atom. The van der Waals surface area contributed by atoms with Crippen LogP contribution in [0.1, 0.15) is 30.8 Å². The van der Waals surface area contributed by atoms with Crippen LogP contribution < -0.4 is 0 Å². The first-order valence-electron chi connectivity index (χ1n) is 15.1. The molecule has 1 aliphatic rings. The Hall–Kier alpha value is -5.21. The minimum absolute atomic E-state index is 0.143. The molecule has 0 saturated carbocycles. The summed E-state index contributed by atoms with van der Waals surface area (Å²) in [5.41, 5.74) is 11.3. The van der Waals surface area contributed by atoms with Gasteiger partial charge in [0.2, 0.25) is 0 Å². The van der Waals surface area contributed by atoms with Crippen LogP contribution in [0.5, 0.6) is 0 Å². The maximum absolute atomic E-state index is 4.79. The van der Waals surface area contributed by atoms with E-state index in [2.05, 4.69) is 147 Å². The summed E-state index contributed by atoms with van der Waals surface area (Å²) in [6.45, 7) is 6.91. The van der Waals surface area contributed by atoms with Gasteiger partial charge < -0.3 is 0 Å². The number of fused-ring (bicyclic) bond motifs is 11. The van der Waals surface area contributed by atoms with Crippen molar-refractivity contribution < 1.29 is 0 Å². The molecule has 0 unspecified atom stereocenters. The van der Waals surface area contributed by atoms with Gasteiger partial charge in [0.05, 0.1) is 11.0 Å². The van der Waals surface area contributed by atoms with Crippen molar-refractivity contribution in [2.45, 2.75) is 26.2 Å². The van der Waals surface area contributed by atoms with Gasteiger partial charge >= 0.3 is 0 Å². The molecule has 204 valence electrons. The fourth-order valence-electron chi connectivity index (χ4n) is 7.94. The van der Waals surface area contributed by atoms with Crippen LogP contribution in [-0.2, 0) is 5.41 Å². The first-order valence-corrected chi connectivity index (χ1v) is 15.1. The van der Waals surface area contributed by atoms with Crippen molar-refractivity contribution in [3.63, 3.8) is 0 Å². The number of aryl methyl sites for hydroxylation is 1. The monoisotopic (exact) mass is 550 g/mol. The zero-order valence-corrected chi connectivity index (χ0v) is 24.5. The van der Waals surface area contributed by atoms with Crippen LogP contribution in [0.2, 0.25) is 0 Å². The maximum Gasteiger partial charge on any atom is 0.111 e. The Morgan fingerprint density at radius 3 is 1.81 bits per heavy atom. The summed E-state index contributed by atoms with van der Waals surface area (Å²) in [5, 5.41) is 7.98. The molecule has 43 heavy (non-hydrogen) atoms. The van der Waals surface area contributed by atoms with Gasteiger partial charge in [0.25, 0.3) is 0 Å². The third kappa shape index (κ3) is 3.26. The smallest absolute Gasteiger partial charge is 0.111 e. The summed E-state index contributed by atoms with van der Waals surface area (Å²) >= 11 is 0. The van der Waals surface area contributed by atoms with E-state index in [4.69, 9.17) is 4.98 Å². The molecule has 2 nitrogen and oxygen atoms in total. The van der Waals surface area contributed by atoms with Crippen LogP contribution in [0, 0.1) is 6.92 Å². The Labute approximate surface area is 250 Å². The van der Waals surface area contributed by atoms with E-state index in [9.17, 15) is 0 Å². The molecule has 0 N–H and O–H groups in total. The minimum atomic E-state index is -0.143. The quantitative estimate of drug-likeness (QED) is 0.196. The highest BCUT2D eigenvalue weighted by atomic mass is 15.1. The molecule has 7 aromatic carbocycles. The third-order valence-electron chi connectivity index (χ3n) is 9.66. The second-order valence-corrected chi connectivity index (χ2v) is 12.4. The first-order chi connectivity index (χ1) is 21.0. The minimum Gasteiger partial charge on any atom is -0.297 e. The Morgan fingerprint density at radius 1 is 0.535 bits per heavy atom. The molecule has 2 heteroatoms. The first kappa shape index (κ1) is 24.4. The molecule has 0 spiro atoms. The molecule has 0 fully saturated rings. The van der Waals surface area contributed by atoms with Crippen molar-refractivity contribution in [2.24, 2.45) is 0 Å². The van der Waals surface area contributed by atoms with E-state index in [1.807, 2.05) is 6.07 Å². The van der Waals surface area contributed by atoms with Crippen molar-refractivity contribution >= 4 is 43.4 Å². The van der Waals surface area contributed by atoms with E-state index in [1.54, 1.807) is 0 Å². The van der Waals surface area contributed by atoms with Gasteiger partial charge in [0.15, 0.2) is 0 Å². The molecule has 0 bridgehead atoms. The molecule has 1 heterocycles. The summed E-state index contributed by atoms with van der Waals surface area (Å²) in [4.78, 5) is 4.79. The predicted octanol–water partition coefficient (Wildman–Crippen LogP) is 10.8. The van der Waals surface area contributed by atoms with Crippen LogP contribution in [0.4, 0.5) is 0 Å². The van der Waals surface area contributed by atoms with Crippen molar-refractivity contribution in [1.82, 2.24) is 9.55 Å². The third-order valence-corrected chi connectivity index (χ3v) is 9.66. The van der Waals surface area contributed by atoms with Crippen LogP contribution in [-0.4, -0.2) is 9.55 Å². The van der Waals surface area contributed by atoms with E-state index in [0.717, 1.165) is 22.5 Å². The normalized spacial score (nSPS) is 13.7. The number of aromatic nitrogens is 2. The van der Waals surface area contributed by atoms with Gasteiger partial charge in [0, 0.05) is 11.1 Å². The van der Waals surface area contributed by atoms with Crippen molar-refractivity contribution in [3.8, 4) is 27.9 Å². The molecule has 0 radical (unpaired) electrons. The average molecular weight is 551 g/mol. The lowest BCUT2D eigenvalue weighted by molar-refractivity contribution is 0.672. The summed E-state index contributed by atoms with van der Waals surface area (Å²) in [5.74, 6) is 0.995. The number of hydrogen-bond donors (Lipinski definition) is 0. The zero-order valence-electron chi connectivity index (χ0n) is 24.5. The highest BCUT2D eigenvalue weighted by Crippen LogP contribution is 2.57. The second kappa shape index (κ2) is 8.65. The number of hydrogen-bond acceptors (Lipinski definition) is 1. The molecule has 0 amide bonds. The van der Waals surface area contributed by atoms with Crippen LogP contribution in [0.25, 0.3) is 71.3 Å². The van der Waals surface area contributed by atoms with Gasteiger partial charge in [-0.25, -0.2) is 4.98 Å². The summed E-state index contributed by atoms with van der Waals surface area (Å²) < 4.78 is 2.25. The van der Waals surface area contributed by atoms with Gasteiger partial charge in [-0.2, -0.15) is 0 Å². The molecule has 1 aromatic heterocycles. The number of rotatable bonds is 2. The van der Waals surface area contributed by atoms with Crippen molar-refractivity contribution in [1.29, 1.82) is 0 Å². The molecular formula is C41H30N2. The summed E-state index contributed by atoms with van der Waals surface area (Å²) in [6, 6.07) is 46.7. The topological polar surface area (TPSA) is 17.8 Å². The van der Waals surface area contributed by atoms with Gasteiger partial charge in [0.1, 0.15) is 5.82 Å². The molecule has 1 aliphatic carbocycles. The number of benzene rings is 7. The van der Waals surface area contributed by atoms with E-state index < -0.39 is 0 Å². The van der Waals surface area contributed by atoms with Crippen LogP contribution >= 0.6 is 0 Å². The molecule has 0 aliphatic heterocycles. The molecule has 8 aromatic rings. The van der Waals surface area contributed by atoms with Gasteiger partial charge in [-0.05, 0) is 103 Å². The number of nitrogens with zero attached hydrogens (tertiary/aromatic N) is 2. The van der Waals surface area contributed by atoms with Gasteiger partial charge in [-0.15, -0.1) is 0 Å². The summed E-state index contributed by atoms with van der Waals surface area (Å²) in [6.07, 6.45) is 0. The lowest BCUT2D eigenvalue weighted by Gasteiger charge is -2.25. The maximum atomic E-state index is 4.79.